The summed E-state index contributed by atoms with van der Waals surface area (Å²) in [4.78, 5) is 0. The monoisotopic (exact) mass is 229 g/mol. The molecule has 0 spiro atoms. The fourth-order valence-corrected chi connectivity index (χ4v) is 2.99. The van der Waals surface area contributed by atoms with E-state index in [0.29, 0.717) is 12.0 Å². The van der Waals surface area contributed by atoms with Crippen molar-refractivity contribution in [3.63, 3.8) is 0 Å². The van der Waals surface area contributed by atoms with E-state index in [2.05, 4.69) is 41.5 Å². The van der Waals surface area contributed by atoms with Crippen molar-refractivity contribution in [2.75, 3.05) is 6.54 Å². The molecule has 1 fully saturated rings. The van der Waals surface area contributed by atoms with Crippen LogP contribution in [0.2, 0.25) is 0 Å². The molecule has 2 atom stereocenters. The van der Waals surface area contributed by atoms with Gasteiger partial charge >= 0.3 is 0 Å². The second kappa shape index (κ2) is 4.15. The number of aromatic amines is 1. The van der Waals surface area contributed by atoms with E-state index in [1.807, 2.05) is 6.20 Å². The first-order valence-corrected chi connectivity index (χ1v) is 6.43. The van der Waals surface area contributed by atoms with Crippen molar-refractivity contribution >= 4 is 10.9 Å². The van der Waals surface area contributed by atoms with Crippen LogP contribution in [0.4, 0.5) is 0 Å². The maximum Gasteiger partial charge on any atom is 0.0653 e. The van der Waals surface area contributed by atoms with E-state index in [4.69, 9.17) is 0 Å². The van der Waals surface area contributed by atoms with Crippen LogP contribution in [-0.4, -0.2) is 22.8 Å². The minimum Gasteiger partial charge on any atom is -0.314 e. The molecule has 0 aliphatic carbocycles. The summed E-state index contributed by atoms with van der Waals surface area (Å²) < 4.78 is 0. The Bertz CT molecular complexity index is 529. The molecule has 1 aliphatic heterocycles. The molecule has 1 saturated heterocycles. The van der Waals surface area contributed by atoms with Gasteiger partial charge in [0.2, 0.25) is 0 Å². The Kier molecular flexibility index (Phi) is 2.63. The second-order valence-electron chi connectivity index (χ2n) is 5.16. The predicted octanol–water partition coefficient (Wildman–Crippen LogP) is 2.73. The Morgan fingerprint density at radius 2 is 2.24 bits per heavy atom. The summed E-state index contributed by atoms with van der Waals surface area (Å²) in [5, 5.41) is 12.0. The highest BCUT2D eigenvalue weighted by atomic mass is 15.1. The predicted molar refractivity (Wildman–Crippen MR) is 70.3 cm³/mol. The van der Waals surface area contributed by atoms with E-state index >= 15 is 0 Å². The van der Waals surface area contributed by atoms with Gasteiger partial charge in [-0.2, -0.15) is 5.10 Å². The Labute approximate surface area is 102 Å². The van der Waals surface area contributed by atoms with Gasteiger partial charge in [-0.05, 0) is 62.4 Å². The van der Waals surface area contributed by atoms with Gasteiger partial charge in [0.1, 0.15) is 0 Å². The van der Waals surface area contributed by atoms with Crippen LogP contribution in [-0.2, 0) is 0 Å². The van der Waals surface area contributed by atoms with Crippen molar-refractivity contribution in [2.45, 2.75) is 38.6 Å². The van der Waals surface area contributed by atoms with Crippen molar-refractivity contribution < 1.29 is 0 Å². The number of hydrogen-bond donors (Lipinski definition) is 2. The number of benzene rings is 1. The van der Waals surface area contributed by atoms with Gasteiger partial charge in [-0.25, -0.2) is 0 Å². The molecule has 3 nitrogen and oxygen atoms in total. The molecule has 3 rings (SSSR count). The topological polar surface area (TPSA) is 40.7 Å². The third-order valence-corrected chi connectivity index (χ3v) is 3.99. The van der Waals surface area contributed by atoms with Gasteiger partial charge in [-0.1, -0.05) is 0 Å². The molecular weight excluding hydrogens is 210 g/mol. The number of H-pyrrole nitrogens is 1. The summed E-state index contributed by atoms with van der Waals surface area (Å²) in [5.74, 6) is 0.636. The molecule has 90 valence electrons. The maximum absolute atomic E-state index is 4.11. The SMILES string of the molecule is Cc1cc2cn[nH]c2cc1C1CCCNC1C. The van der Waals surface area contributed by atoms with Gasteiger partial charge in [-0.3, -0.25) is 5.10 Å². The number of nitrogens with zero attached hydrogens (tertiary/aromatic N) is 1. The molecule has 1 aromatic heterocycles. The number of hydrogen-bond acceptors (Lipinski definition) is 2. The molecule has 1 aromatic carbocycles. The van der Waals surface area contributed by atoms with Crippen LogP contribution >= 0.6 is 0 Å². The van der Waals surface area contributed by atoms with Crippen LogP contribution in [0.15, 0.2) is 18.3 Å². The van der Waals surface area contributed by atoms with E-state index in [-0.39, 0.29) is 0 Å². The van der Waals surface area contributed by atoms with E-state index in [0.717, 1.165) is 12.1 Å². The maximum atomic E-state index is 4.11. The van der Waals surface area contributed by atoms with Crippen LogP contribution in [0, 0.1) is 6.92 Å². The Balaban J connectivity index is 2.05. The number of aryl methyl sites for hydroxylation is 1. The summed E-state index contributed by atoms with van der Waals surface area (Å²) in [7, 11) is 0. The summed E-state index contributed by atoms with van der Waals surface area (Å²) in [6, 6.07) is 5.10. The third kappa shape index (κ3) is 1.84. The molecule has 1 aliphatic rings. The fourth-order valence-electron chi connectivity index (χ4n) is 2.99. The molecule has 2 heterocycles. The van der Waals surface area contributed by atoms with Gasteiger partial charge < -0.3 is 5.32 Å². The van der Waals surface area contributed by atoms with Crippen molar-refractivity contribution in [3.8, 4) is 0 Å². The first-order valence-electron chi connectivity index (χ1n) is 6.43. The summed E-state index contributed by atoms with van der Waals surface area (Å²) in [6.07, 6.45) is 4.46. The van der Waals surface area contributed by atoms with Crippen LogP contribution in [0.5, 0.6) is 0 Å². The van der Waals surface area contributed by atoms with Gasteiger partial charge in [0, 0.05) is 11.4 Å². The lowest BCUT2D eigenvalue weighted by Gasteiger charge is -2.31. The Morgan fingerprint density at radius 1 is 1.35 bits per heavy atom. The zero-order valence-corrected chi connectivity index (χ0v) is 10.5. The van der Waals surface area contributed by atoms with Crippen LogP contribution in [0.3, 0.4) is 0 Å². The molecule has 0 bridgehead atoms. The molecule has 17 heavy (non-hydrogen) atoms. The number of rotatable bonds is 1. The smallest absolute Gasteiger partial charge is 0.0653 e. The molecule has 0 saturated carbocycles. The zero-order valence-electron chi connectivity index (χ0n) is 10.5. The Hall–Kier alpha value is -1.35. The van der Waals surface area contributed by atoms with E-state index in [1.54, 1.807) is 0 Å². The normalized spacial score (nSPS) is 25.3. The van der Waals surface area contributed by atoms with E-state index in [1.165, 1.54) is 29.4 Å². The van der Waals surface area contributed by atoms with Crippen LogP contribution < -0.4 is 5.32 Å². The summed E-state index contributed by atoms with van der Waals surface area (Å²) in [5.41, 5.74) is 4.02. The van der Waals surface area contributed by atoms with Gasteiger partial charge in [-0.15, -0.1) is 0 Å². The number of piperidine rings is 1. The Morgan fingerprint density at radius 3 is 3.06 bits per heavy atom. The molecule has 2 unspecified atom stereocenters. The highest BCUT2D eigenvalue weighted by molar-refractivity contribution is 5.79. The summed E-state index contributed by atoms with van der Waals surface area (Å²) in [6.45, 7) is 5.66. The third-order valence-electron chi connectivity index (χ3n) is 3.99. The number of nitrogens with one attached hydrogen (secondary N) is 2. The summed E-state index contributed by atoms with van der Waals surface area (Å²) >= 11 is 0. The molecule has 2 N–H and O–H groups in total. The van der Waals surface area contributed by atoms with Gasteiger partial charge in [0.15, 0.2) is 0 Å². The largest absolute Gasteiger partial charge is 0.314 e. The zero-order chi connectivity index (χ0) is 11.8. The lowest BCUT2D eigenvalue weighted by atomic mass is 9.83. The minimum absolute atomic E-state index is 0.572. The van der Waals surface area contributed by atoms with Crippen LogP contribution in [0.25, 0.3) is 10.9 Å². The van der Waals surface area contributed by atoms with E-state index < -0.39 is 0 Å². The number of fused-ring (bicyclic) bond motifs is 1. The number of aromatic nitrogens is 2. The average molecular weight is 229 g/mol. The average Bonchev–Trinajstić information content (AvgIpc) is 2.76. The molecule has 0 amide bonds. The molecular formula is C14H19N3. The second-order valence-corrected chi connectivity index (χ2v) is 5.16. The highest BCUT2D eigenvalue weighted by Crippen LogP contribution is 2.32. The first kappa shape index (κ1) is 10.8. The molecule has 3 heteroatoms. The minimum atomic E-state index is 0.572. The standard InChI is InChI=1S/C14H19N3/c1-9-6-11-8-16-17-14(11)7-13(9)12-4-3-5-15-10(12)2/h6-8,10,12,15H,3-5H2,1-2H3,(H,16,17). The van der Waals surface area contributed by atoms with E-state index in [9.17, 15) is 0 Å². The fraction of sp³-hybridized carbons (Fsp3) is 0.500. The lowest BCUT2D eigenvalue weighted by molar-refractivity contribution is 0.370. The van der Waals surface area contributed by atoms with Crippen molar-refractivity contribution in [1.29, 1.82) is 0 Å². The van der Waals surface area contributed by atoms with Crippen LogP contribution in [0.1, 0.15) is 36.8 Å². The van der Waals surface area contributed by atoms with Crippen molar-refractivity contribution in [3.05, 3.63) is 29.5 Å². The molecule has 0 radical (unpaired) electrons. The van der Waals surface area contributed by atoms with Crippen molar-refractivity contribution in [2.24, 2.45) is 0 Å². The van der Waals surface area contributed by atoms with Gasteiger partial charge in [0.25, 0.3) is 0 Å². The van der Waals surface area contributed by atoms with Crippen molar-refractivity contribution in [1.82, 2.24) is 15.5 Å². The molecule has 2 aromatic rings. The highest BCUT2D eigenvalue weighted by Gasteiger charge is 2.24. The van der Waals surface area contributed by atoms with Gasteiger partial charge in [0.05, 0.1) is 11.7 Å². The quantitative estimate of drug-likeness (QED) is 0.789. The lowest BCUT2D eigenvalue weighted by Crippen LogP contribution is -2.37. The first-order chi connectivity index (χ1) is 8.25.